The molecular weight excluding hydrogens is 480 g/mol. The van der Waals surface area contributed by atoms with Gasteiger partial charge in [0.05, 0.1) is 22.2 Å². The normalized spacial score (nSPS) is 11.4. The summed E-state index contributed by atoms with van der Waals surface area (Å²) in [5, 5.41) is 4.14. The molecule has 0 bridgehead atoms. The zero-order valence-corrected chi connectivity index (χ0v) is 19.6. The molecule has 1 amide bonds. The minimum absolute atomic E-state index is 0.155. The molecule has 0 spiro atoms. The molecule has 30 heavy (non-hydrogen) atoms. The van der Waals surface area contributed by atoms with E-state index in [0.29, 0.717) is 0 Å². The van der Waals surface area contributed by atoms with Gasteiger partial charge in [0.25, 0.3) is 5.91 Å². The van der Waals surface area contributed by atoms with Crippen LogP contribution in [0.5, 0.6) is 0 Å². The number of thiazole rings is 1. The number of hydrogen-bond acceptors (Lipinski definition) is 5. The number of halogens is 1. The van der Waals surface area contributed by atoms with Gasteiger partial charge in [-0.3, -0.25) is 4.79 Å². The summed E-state index contributed by atoms with van der Waals surface area (Å²) < 4.78 is 5.22. The standard InChI is InChI=1S/C22H19BrN4OS2/c1-14-11-16(15(2)27(14)18-9-7-17(23)8-10-18)12-24-26-21(28)13-29-22-25-19-5-3-4-6-20(19)30-22/h3-12H,13H2,1-2H3,(H,26,28)/b24-12+. The molecule has 0 aliphatic carbocycles. The van der Waals surface area contributed by atoms with Gasteiger partial charge in [-0.2, -0.15) is 5.10 Å². The van der Waals surface area contributed by atoms with Crippen LogP contribution in [0.25, 0.3) is 15.9 Å². The van der Waals surface area contributed by atoms with E-state index in [1.54, 1.807) is 17.6 Å². The summed E-state index contributed by atoms with van der Waals surface area (Å²) in [7, 11) is 0. The lowest BCUT2D eigenvalue weighted by atomic mass is 10.2. The fourth-order valence-corrected chi connectivity index (χ4v) is 5.28. The van der Waals surface area contributed by atoms with Crippen LogP contribution in [0.4, 0.5) is 0 Å². The predicted molar refractivity (Wildman–Crippen MR) is 129 cm³/mol. The molecule has 4 aromatic rings. The maximum Gasteiger partial charge on any atom is 0.250 e. The van der Waals surface area contributed by atoms with Gasteiger partial charge in [0.2, 0.25) is 0 Å². The first-order valence-corrected chi connectivity index (χ1v) is 11.9. The van der Waals surface area contributed by atoms with Crippen LogP contribution in [0.3, 0.4) is 0 Å². The molecule has 2 heterocycles. The number of thioether (sulfide) groups is 1. The Kier molecular flexibility index (Phi) is 6.36. The van der Waals surface area contributed by atoms with E-state index in [0.717, 1.165) is 41.7 Å². The van der Waals surface area contributed by atoms with E-state index in [1.165, 1.54) is 11.8 Å². The number of carbonyl (C=O) groups is 1. The van der Waals surface area contributed by atoms with E-state index in [-0.39, 0.29) is 11.7 Å². The summed E-state index contributed by atoms with van der Waals surface area (Å²) in [6.45, 7) is 4.10. The number of para-hydroxylation sites is 1. The number of hydrazone groups is 1. The summed E-state index contributed by atoms with van der Waals surface area (Å²) in [5.74, 6) is 0.118. The van der Waals surface area contributed by atoms with E-state index in [2.05, 4.69) is 61.1 Å². The monoisotopic (exact) mass is 498 g/mol. The zero-order chi connectivity index (χ0) is 21.1. The SMILES string of the molecule is Cc1cc(/C=N/NC(=O)CSc2nc3ccccc3s2)c(C)n1-c1ccc(Br)cc1. The number of benzene rings is 2. The van der Waals surface area contributed by atoms with Crippen LogP contribution in [0, 0.1) is 13.8 Å². The Hall–Kier alpha value is -2.42. The lowest BCUT2D eigenvalue weighted by Gasteiger charge is -2.09. The highest BCUT2D eigenvalue weighted by atomic mass is 79.9. The van der Waals surface area contributed by atoms with E-state index in [9.17, 15) is 4.79 Å². The van der Waals surface area contributed by atoms with Crippen molar-refractivity contribution in [1.82, 2.24) is 15.0 Å². The Labute approximate surface area is 191 Å². The summed E-state index contributed by atoms with van der Waals surface area (Å²) in [4.78, 5) is 16.7. The van der Waals surface area contributed by atoms with Crippen molar-refractivity contribution in [1.29, 1.82) is 0 Å². The Bertz CT molecular complexity index is 1190. The number of aromatic nitrogens is 2. The number of nitrogens with zero attached hydrogens (tertiary/aromatic N) is 3. The van der Waals surface area contributed by atoms with E-state index in [4.69, 9.17) is 0 Å². The summed E-state index contributed by atoms with van der Waals surface area (Å²) in [6.07, 6.45) is 1.69. The summed E-state index contributed by atoms with van der Waals surface area (Å²) in [6, 6.07) is 18.2. The van der Waals surface area contributed by atoms with Gasteiger partial charge in [-0.15, -0.1) is 11.3 Å². The number of amides is 1. The smallest absolute Gasteiger partial charge is 0.250 e. The quantitative estimate of drug-likeness (QED) is 0.210. The number of hydrogen-bond donors (Lipinski definition) is 1. The highest BCUT2D eigenvalue weighted by Crippen LogP contribution is 2.29. The minimum atomic E-state index is -0.155. The van der Waals surface area contributed by atoms with Gasteiger partial charge in [-0.1, -0.05) is 39.8 Å². The molecule has 2 aromatic heterocycles. The lowest BCUT2D eigenvalue weighted by molar-refractivity contribution is -0.118. The van der Waals surface area contributed by atoms with Crippen molar-refractivity contribution in [3.8, 4) is 5.69 Å². The molecule has 0 fully saturated rings. The number of carbonyl (C=O) groups excluding carboxylic acids is 1. The van der Waals surface area contributed by atoms with E-state index in [1.807, 2.05) is 43.3 Å². The molecule has 8 heteroatoms. The summed E-state index contributed by atoms with van der Waals surface area (Å²) in [5.41, 5.74) is 7.80. The largest absolute Gasteiger partial charge is 0.318 e. The molecule has 0 unspecified atom stereocenters. The molecule has 0 radical (unpaired) electrons. The van der Waals surface area contributed by atoms with Crippen molar-refractivity contribution in [3.63, 3.8) is 0 Å². The molecule has 2 aromatic carbocycles. The van der Waals surface area contributed by atoms with Crippen molar-refractivity contribution in [3.05, 3.63) is 76.0 Å². The number of fused-ring (bicyclic) bond motifs is 1. The maximum absolute atomic E-state index is 12.2. The van der Waals surface area contributed by atoms with Crippen LogP contribution < -0.4 is 5.43 Å². The van der Waals surface area contributed by atoms with Crippen molar-refractivity contribution in [2.24, 2.45) is 5.10 Å². The predicted octanol–water partition coefficient (Wildman–Crippen LogP) is 5.71. The third-order valence-corrected chi connectivity index (χ3v) is 7.26. The van der Waals surface area contributed by atoms with E-state index < -0.39 is 0 Å². The molecule has 152 valence electrons. The molecule has 1 N–H and O–H groups in total. The number of nitrogens with one attached hydrogen (secondary N) is 1. The van der Waals surface area contributed by atoms with Gasteiger partial charge < -0.3 is 4.57 Å². The second-order valence-electron chi connectivity index (χ2n) is 6.67. The Morgan fingerprint density at radius 1 is 1.23 bits per heavy atom. The Balaban J connectivity index is 1.37. The van der Waals surface area contributed by atoms with Crippen LogP contribution in [0.2, 0.25) is 0 Å². The average molecular weight is 499 g/mol. The third-order valence-electron chi connectivity index (χ3n) is 4.55. The molecular formula is C22H19BrN4OS2. The first kappa shape index (κ1) is 20.8. The molecule has 0 aliphatic rings. The van der Waals surface area contributed by atoms with Gasteiger partial charge in [-0.05, 0) is 56.3 Å². The highest BCUT2D eigenvalue weighted by Gasteiger charge is 2.10. The second kappa shape index (κ2) is 9.16. The van der Waals surface area contributed by atoms with Crippen molar-refractivity contribution in [2.45, 2.75) is 18.2 Å². The molecule has 0 saturated carbocycles. The van der Waals surface area contributed by atoms with Crippen LogP contribution >= 0.6 is 39.0 Å². The molecule has 0 aliphatic heterocycles. The van der Waals surface area contributed by atoms with Crippen LogP contribution in [-0.4, -0.2) is 27.4 Å². The van der Waals surface area contributed by atoms with Gasteiger partial charge in [0.1, 0.15) is 0 Å². The van der Waals surface area contributed by atoms with Crippen molar-refractivity contribution in [2.75, 3.05) is 5.75 Å². The van der Waals surface area contributed by atoms with Crippen LogP contribution in [0.1, 0.15) is 17.0 Å². The number of rotatable bonds is 6. The third kappa shape index (κ3) is 4.66. The minimum Gasteiger partial charge on any atom is -0.318 e. The van der Waals surface area contributed by atoms with E-state index >= 15 is 0 Å². The van der Waals surface area contributed by atoms with Gasteiger partial charge in [0, 0.05) is 27.1 Å². The lowest BCUT2D eigenvalue weighted by Crippen LogP contribution is -2.19. The van der Waals surface area contributed by atoms with Crippen LogP contribution in [0.15, 0.2) is 68.5 Å². The summed E-state index contributed by atoms with van der Waals surface area (Å²) >= 11 is 6.48. The fraction of sp³-hybridized carbons (Fsp3) is 0.136. The van der Waals surface area contributed by atoms with Crippen molar-refractivity contribution >= 4 is 61.4 Å². The first-order valence-electron chi connectivity index (χ1n) is 9.26. The second-order valence-corrected chi connectivity index (χ2v) is 9.84. The molecule has 4 rings (SSSR count). The number of aryl methyl sites for hydroxylation is 1. The molecule has 0 atom stereocenters. The molecule has 0 saturated heterocycles. The first-order chi connectivity index (χ1) is 14.5. The van der Waals surface area contributed by atoms with Crippen LogP contribution in [-0.2, 0) is 4.79 Å². The zero-order valence-electron chi connectivity index (χ0n) is 16.4. The van der Waals surface area contributed by atoms with Crippen molar-refractivity contribution < 1.29 is 4.79 Å². The highest BCUT2D eigenvalue weighted by molar-refractivity contribution is 9.10. The van der Waals surface area contributed by atoms with Gasteiger partial charge in [-0.25, -0.2) is 10.4 Å². The fourth-order valence-electron chi connectivity index (χ4n) is 3.15. The maximum atomic E-state index is 12.2. The van der Waals surface area contributed by atoms with Gasteiger partial charge in [0.15, 0.2) is 4.34 Å². The average Bonchev–Trinajstić information content (AvgIpc) is 3.27. The Morgan fingerprint density at radius 2 is 2.00 bits per heavy atom. The molecule has 5 nitrogen and oxygen atoms in total. The van der Waals surface area contributed by atoms with Gasteiger partial charge >= 0.3 is 0 Å². The topological polar surface area (TPSA) is 59.3 Å². The Morgan fingerprint density at radius 3 is 2.77 bits per heavy atom.